The van der Waals surface area contributed by atoms with Crippen LogP contribution in [0, 0.1) is 17.3 Å². The van der Waals surface area contributed by atoms with Crippen molar-refractivity contribution >= 4 is 47.1 Å². The molecule has 2 aliphatic rings. The Balaban J connectivity index is 0.839. The van der Waals surface area contributed by atoms with Gasteiger partial charge >= 0.3 is 5.97 Å². The number of nitrogens with two attached hydrogens (primary N) is 1. The molecule has 1 saturated carbocycles. The van der Waals surface area contributed by atoms with Crippen LogP contribution < -0.4 is 27.0 Å². The zero-order chi connectivity index (χ0) is 58.3. The van der Waals surface area contributed by atoms with E-state index in [9.17, 15) is 33.6 Å². The van der Waals surface area contributed by atoms with Gasteiger partial charge in [0.1, 0.15) is 31.6 Å². The largest absolute Gasteiger partial charge is 0.460 e. The van der Waals surface area contributed by atoms with Crippen LogP contribution in [0.1, 0.15) is 77.0 Å². The normalized spacial score (nSPS) is 15.7. The number of anilines is 1. The minimum absolute atomic E-state index is 0.0213. The molecule has 4 rings (SSSR count). The number of amides is 6. The molecular formula is C55H87N9O17. The number of aromatic nitrogens is 3. The highest BCUT2D eigenvalue weighted by Crippen LogP contribution is 2.30. The van der Waals surface area contributed by atoms with Crippen molar-refractivity contribution in [2.75, 3.05) is 144 Å². The summed E-state index contributed by atoms with van der Waals surface area (Å²) in [6.07, 6.45) is 9.04. The van der Waals surface area contributed by atoms with E-state index in [0.717, 1.165) is 18.4 Å². The molecule has 0 spiro atoms. The van der Waals surface area contributed by atoms with Crippen LogP contribution in [0.15, 0.2) is 42.6 Å². The molecule has 1 aliphatic heterocycles. The number of carbonyl (C=O) groups excluding carboxylic acids is 7. The molecule has 0 unspecified atom stereocenters. The van der Waals surface area contributed by atoms with E-state index in [1.54, 1.807) is 55.9 Å². The lowest BCUT2D eigenvalue weighted by atomic mass is 9.81. The van der Waals surface area contributed by atoms with E-state index >= 15 is 0 Å². The summed E-state index contributed by atoms with van der Waals surface area (Å²) in [6.45, 7) is 13.0. The van der Waals surface area contributed by atoms with Crippen LogP contribution in [0.25, 0.3) is 0 Å². The van der Waals surface area contributed by atoms with E-state index < -0.39 is 35.8 Å². The third-order valence-corrected chi connectivity index (χ3v) is 12.5. The number of rotatable bonds is 45. The summed E-state index contributed by atoms with van der Waals surface area (Å²) >= 11 is 0. The Labute approximate surface area is 474 Å². The third kappa shape index (κ3) is 30.2. The average Bonchev–Trinajstić information content (AvgIpc) is 4.07. The molecule has 2 heterocycles. The molecule has 1 fully saturated rings. The minimum atomic E-state index is -0.849. The summed E-state index contributed by atoms with van der Waals surface area (Å²) in [5, 5.41) is 19.3. The maximum atomic E-state index is 13.1. The first-order chi connectivity index (χ1) is 39.2. The number of imide groups is 1. The van der Waals surface area contributed by atoms with Crippen molar-refractivity contribution in [3.63, 3.8) is 0 Å². The van der Waals surface area contributed by atoms with Gasteiger partial charge in [-0.2, -0.15) is 0 Å². The summed E-state index contributed by atoms with van der Waals surface area (Å²) in [7, 11) is 0. The smallest absolute Gasteiger partial charge is 0.311 e. The summed E-state index contributed by atoms with van der Waals surface area (Å²) in [4.78, 5) is 87.7. The standard InChI is InChI=1S/C55H87N9O17/c1-55(2,3)54(71)81-39-43-9-13-45(14-10-43)59-53(70)47(6-4-5-17-56)60-49(66)41-80-40-48(65)57-18-20-72-22-24-74-26-28-76-30-32-78-34-35-79-33-31-77-29-27-75-25-23-73-21-19-63-38-46(61-62-63)36-58-52(69)44-11-7-42(8-12-44)37-64-50(67)15-16-51(64)68/h9-10,13-16,38,42,44,47H,4-8,11-12,17-37,39-41,56H2,1-3H3,(H,57,65)(H,58,69)(H,59,70)(H,60,66)/t42?,44?,47-/m0/s1. The van der Waals surface area contributed by atoms with Gasteiger partial charge in [0.05, 0.1) is 130 Å². The van der Waals surface area contributed by atoms with Crippen LogP contribution in [0.3, 0.4) is 0 Å². The number of carbonyl (C=O) groups is 7. The Morgan fingerprint density at radius 1 is 0.667 bits per heavy atom. The van der Waals surface area contributed by atoms with Crippen LogP contribution in [0.2, 0.25) is 0 Å². The van der Waals surface area contributed by atoms with Crippen LogP contribution in [-0.2, 0) is 101 Å². The second-order valence-corrected chi connectivity index (χ2v) is 20.2. The van der Waals surface area contributed by atoms with Crippen molar-refractivity contribution < 1.29 is 80.9 Å². The first-order valence-corrected chi connectivity index (χ1v) is 27.9. The lowest BCUT2D eigenvalue weighted by Crippen LogP contribution is -2.45. The highest BCUT2D eigenvalue weighted by molar-refractivity contribution is 6.12. The van der Waals surface area contributed by atoms with Gasteiger partial charge in [0.25, 0.3) is 11.8 Å². The fourth-order valence-corrected chi connectivity index (χ4v) is 7.95. The van der Waals surface area contributed by atoms with Crippen molar-refractivity contribution in [1.29, 1.82) is 0 Å². The summed E-state index contributed by atoms with van der Waals surface area (Å²) in [5.74, 6) is -2.14. The lowest BCUT2D eigenvalue weighted by Gasteiger charge is -2.29. The molecule has 2 aromatic rings. The van der Waals surface area contributed by atoms with E-state index in [2.05, 4.69) is 31.6 Å². The van der Waals surface area contributed by atoms with Crippen LogP contribution in [0.4, 0.5) is 5.69 Å². The van der Waals surface area contributed by atoms with Crippen molar-refractivity contribution in [2.45, 2.75) is 91.5 Å². The van der Waals surface area contributed by atoms with Crippen molar-refractivity contribution in [3.05, 3.63) is 53.9 Å². The SMILES string of the molecule is CC(C)(C)C(=O)OCc1ccc(NC(=O)[C@H](CCCCN)NC(=O)COCC(=O)NCCOCCOCCOCCOCCOCCOCCOCCOCCn2cc(CNC(=O)C3CCC(CN4C(=O)C=CC4=O)CC3)nn2)cc1. The number of nitrogens with one attached hydrogen (secondary N) is 4. The molecule has 26 nitrogen and oxygen atoms in total. The number of hydrogen-bond acceptors (Lipinski definition) is 20. The first-order valence-electron chi connectivity index (χ1n) is 27.9. The quantitative estimate of drug-likeness (QED) is 0.0354. The Morgan fingerprint density at radius 2 is 1.20 bits per heavy atom. The number of esters is 1. The second kappa shape index (κ2) is 40.4. The molecule has 0 saturated heterocycles. The van der Waals surface area contributed by atoms with Gasteiger partial charge in [0, 0.05) is 36.8 Å². The Bertz CT molecular complexity index is 2170. The predicted molar refractivity (Wildman–Crippen MR) is 293 cm³/mol. The number of ether oxygens (including phenoxy) is 10. The van der Waals surface area contributed by atoms with Crippen LogP contribution in [0.5, 0.6) is 0 Å². The maximum Gasteiger partial charge on any atom is 0.311 e. The summed E-state index contributed by atoms with van der Waals surface area (Å²) < 4.78 is 56.5. The molecule has 26 heteroatoms. The van der Waals surface area contributed by atoms with Gasteiger partial charge in [-0.05, 0) is 95.9 Å². The van der Waals surface area contributed by atoms with Gasteiger partial charge in [-0.15, -0.1) is 5.10 Å². The molecule has 0 bridgehead atoms. The van der Waals surface area contributed by atoms with E-state index in [0.29, 0.717) is 162 Å². The minimum Gasteiger partial charge on any atom is -0.460 e. The molecule has 6 N–H and O–H groups in total. The second-order valence-electron chi connectivity index (χ2n) is 20.2. The molecule has 1 aromatic heterocycles. The van der Waals surface area contributed by atoms with Gasteiger partial charge < -0.3 is 74.4 Å². The Kier molecular flexibility index (Phi) is 33.8. The van der Waals surface area contributed by atoms with Gasteiger partial charge in [-0.3, -0.25) is 38.5 Å². The van der Waals surface area contributed by atoms with Crippen LogP contribution >= 0.6 is 0 Å². The van der Waals surface area contributed by atoms with Gasteiger partial charge in [0.15, 0.2) is 0 Å². The third-order valence-electron chi connectivity index (χ3n) is 12.5. The van der Waals surface area contributed by atoms with Gasteiger partial charge in [-0.25, -0.2) is 4.68 Å². The highest BCUT2D eigenvalue weighted by Gasteiger charge is 2.31. The highest BCUT2D eigenvalue weighted by atomic mass is 16.6. The topological polar surface area (TPSA) is 320 Å². The molecule has 1 atom stereocenters. The molecule has 454 valence electrons. The number of unbranched alkanes of at least 4 members (excludes halogenated alkanes) is 1. The zero-order valence-corrected chi connectivity index (χ0v) is 47.5. The molecule has 6 amide bonds. The van der Waals surface area contributed by atoms with Crippen LogP contribution in [-0.4, -0.2) is 206 Å². The van der Waals surface area contributed by atoms with Crippen molar-refractivity contribution in [2.24, 2.45) is 23.0 Å². The lowest BCUT2D eigenvalue weighted by molar-refractivity contribution is -0.154. The van der Waals surface area contributed by atoms with Crippen molar-refractivity contribution in [1.82, 2.24) is 35.8 Å². The Hall–Kier alpha value is -5.81. The van der Waals surface area contributed by atoms with E-state index in [1.807, 2.05) is 0 Å². The summed E-state index contributed by atoms with van der Waals surface area (Å²) in [5.41, 5.74) is 6.94. The predicted octanol–water partition coefficient (Wildman–Crippen LogP) is 1.23. The van der Waals surface area contributed by atoms with E-state index in [4.69, 9.17) is 53.1 Å². The first kappa shape index (κ1) is 67.7. The molecule has 1 aromatic carbocycles. The molecular weight excluding hydrogens is 1060 g/mol. The fourth-order valence-electron chi connectivity index (χ4n) is 7.95. The molecule has 1 aliphatic carbocycles. The number of nitrogens with zero attached hydrogens (tertiary/aromatic N) is 4. The molecule has 81 heavy (non-hydrogen) atoms. The van der Waals surface area contributed by atoms with Gasteiger partial charge in [-0.1, -0.05) is 17.3 Å². The van der Waals surface area contributed by atoms with E-state index in [1.165, 1.54) is 17.1 Å². The maximum absolute atomic E-state index is 13.1. The van der Waals surface area contributed by atoms with Crippen molar-refractivity contribution in [3.8, 4) is 0 Å². The van der Waals surface area contributed by atoms with E-state index in [-0.39, 0.29) is 68.4 Å². The Morgan fingerprint density at radius 3 is 1.74 bits per heavy atom. The van der Waals surface area contributed by atoms with Gasteiger partial charge in [0.2, 0.25) is 23.6 Å². The monoisotopic (exact) mass is 1150 g/mol. The zero-order valence-electron chi connectivity index (χ0n) is 47.5. The number of benzene rings is 1. The number of hydrogen-bond donors (Lipinski definition) is 5. The summed E-state index contributed by atoms with van der Waals surface area (Å²) in [6, 6.07) is 6.01. The molecule has 0 radical (unpaired) electrons. The fraction of sp³-hybridized carbons (Fsp3) is 0.691. The average molecular weight is 1150 g/mol.